The molecule has 42 valence electrons. The van der Waals surface area contributed by atoms with Crippen LogP contribution in [0.3, 0.4) is 0 Å². The number of aliphatic carboxylic acids is 1. The first-order valence-electron chi connectivity index (χ1n) is 1.36. The zero-order valence-corrected chi connectivity index (χ0v) is 10.4. The van der Waals surface area contributed by atoms with Gasteiger partial charge in [-0.1, -0.05) is 0 Å². The van der Waals surface area contributed by atoms with E-state index in [1.165, 1.54) is 0 Å². The van der Waals surface area contributed by atoms with Gasteiger partial charge in [0.05, 0.1) is 0 Å². The Morgan fingerprint density at radius 2 is 1.33 bits per heavy atom. The van der Waals surface area contributed by atoms with Crippen molar-refractivity contribution in [2.45, 2.75) is 6.92 Å². The summed E-state index contributed by atoms with van der Waals surface area (Å²) in [7, 11) is 0. The van der Waals surface area contributed by atoms with Gasteiger partial charge < -0.3 is 22.3 Å². The number of carbonyl (C=O) groups is 2. The number of ketones is 1. The van der Waals surface area contributed by atoms with Gasteiger partial charge in [-0.3, -0.25) is 4.79 Å². The van der Waals surface area contributed by atoms with Crippen LogP contribution in [0.1, 0.15) is 6.92 Å². The summed E-state index contributed by atoms with van der Waals surface area (Å²) in [6.07, 6.45) is 0. The molecular formula is C3H3ClNa2O3. The molecule has 9 heavy (non-hydrogen) atoms. The fraction of sp³-hybridized carbons (Fsp3) is 0.333. The Bertz CT molecular complexity index is 83.1. The molecule has 0 atom stereocenters. The SMILES string of the molecule is CC(=O)C(=O)[O-].[Cl-].[Na+].[Na+]. The van der Waals surface area contributed by atoms with E-state index in [4.69, 9.17) is 0 Å². The van der Waals surface area contributed by atoms with Crippen molar-refractivity contribution in [1.82, 2.24) is 0 Å². The minimum Gasteiger partial charge on any atom is -1.00 e. The summed E-state index contributed by atoms with van der Waals surface area (Å²) in [5.74, 6) is -2.56. The second-order valence-electron chi connectivity index (χ2n) is 0.844. The van der Waals surface area contributed by atoms with Crippen LogP contribution in [0.15, 0.2) is 0 Å². The summed E-state index contributed by atoms with van der Waals surface area (Å²) in [6, 6.07) is 0. The van der Waals surface area contributed by atoms with Crippen molar-refractivity contribution in [3.05, 3.63) is 0 Å². The van der Waals surface area contributed by atoms with Gasteiger partial charge >= 0.3 is 59.1 Å². The molecule has 0 fully saturated rings. The van der Waals surface area contributed by atoms with Gasteiger partial charge in [0.1, 0.15) is 5.97 Å². The van der Waals surface area contributed by atoms with Gasteiger partial charge in [0.2, 0.25) is 0 Å². The number of halogens is 1. The molecule has 0 unspecified atom stereocenters. The van der Waals surface area contributed by atoms with E-state index in [0.29, 0.717) is 0 Å². The zero-order chi connectivity index (χ0) is 5.15. The average molecular weight is 168 g/mol. The van der Waals surface area contributed by atoms with Gasteiger partial charge in [-0.05, 0) is 0 Å². The van der Waals surface area contributed by atoms with Crippen LogP contribution in [-0.2, 0) is 9.59 Å². The molecule has 0 heterocycles. The smallest absolute Gasteiger partial charge is 1.00 e. The van der Waals surface area contributed by atoms with E-state index in [9.17, 15) is 14.7 Å². The number of hydrogen-bond donors (Lipinski definition) is 0. The van der Waals surface area contributed by atoms with Crippen molar-refractivity contribution in [3.63, 3.8) is 0 Å². The average Bonchev–Trinajstić information content (AvgIpc) is 1.36. The Labute approximate surface area is 104 Å². The quantitative estimate of drug-likeness (QED) is 0.289. The van der Waals surface area contributed by atoms with Crippen LogP contribution in [0.25, 0.3) is 0 Å². The van der Waals surface area contributed by atoms with Crippen molar-refractivity contribution in [2.24, 2.45) is 0 Å². The van der Waals surface area contributed by atoms with Crippen LogP contribution in [0.5, 0.6) is 0 Å². The van der Waals surface area contributed by atoms with Crippen LogP contribution in [0.4, 0.5) is 0 Å². The topological polar surface area (TPSA) is 57.2 Å². The Morgan fingerprint density at radius 1 is 1.22 bits per heavy atom. The second-order valence-corrected chi connectivity index (χ2v) is 0.844. The van der Waals surface area contributed by atoms with E-state index in [1.807, 2.05) is 0 Å². The maximum atomic E-state index is 9.48. The van der Waals surface area contributed by atoms with Crippen LogP contribution >= 0.6 is 0 Å². The van der Waals surface area contributed by atoms with Crippen molar-refractivity contribution >= 4 is 11.8 Å². The van der Waals surface area contributed by atoms with Gasteiger partial charge in [-0.2, -0.15) is 0 Å². The van der Waals surface area contributed by atoms with E-state index in [1.54, 1.807) is 0 Å². The van der Waals surface area contributed by atoms with Gasteiger partial charge in [0.15, 0.2) is 5.78 Å². The molecule has 0 bridgehead atoms. The molecule has 0 radical (unpaired) electrons. The van der Waals surface area contributed by atoms with Gasteiger partial charge in [-0.25, -0.2) is 0 Å². The summed E-state index contributed by atoms with van der Waals surface area (Å²) in [4.78, 5) is 18.7. The van der Waals surface area contributed by atoms with Gasteiger partial charge in [-0.15, -0.1) is 0 Å². The van der Waals surface area contributed by atoms with Crippen molar-refractivity contribution in [3.8, 4) is 0 Å². The van der Waals surface area contributed by atoms with E-state index >= 15 is 0 Å². The van der Waals surface area contributed by atoms with Crippen LogP contribution in [-0.4, -0.2) is 11.8 Å². The maximum absolute atomic E-state index is 9.48. The minimum absolute atomic E-state index is 0. The van der Waals surface area contributed by atoms with E-state index in [2.05, 4.69) is 0 Å². The van der Waals surface area contributed by atoms with Crippen molar-refractivity contribution < 1.29 is 86.2 Å². The summed E-state index contributed by atoms with van der Waals surface area (Å²) >= 11 is 0. The minimum atomic E-state index is -1.63. The van der Waals surface area contributed by atoms with Crippen molar-refractivity contribution in [1.29, 1.82) is 0 Å². The van der Waals surface area contributed by atoms with Gasteiger partial charge in [0.25, 0.3) is 0 Å². The number of Topliss-reactive ketones (excluding diaryl/α,β-unsaturated/α-hetero) is 1. The Morgan fingerprint density at radius 3 is 1.33 bits per heavy atom. The molecule has 0 saturated carbocycles. The van der Waals surface area contributed by atoms with Gasteiger partial charge in [0, 0.05) is 6.92 Å². The molecule has 0 spiro atoms. The first-order chi connectivity index (χ1) is 2.64. The number of rotatable bonds is 1. The van der Waals surface area contributed by atoms with Crippen LogP contribution < -0.4 is 76.6 Å². The number of carboxylic acids is 1. The monoisotopic (exact) mass is 168 g/mol. The molecule has 3 nitrogen and oxygen atoms in total. The predicted molar refractivity (Wildman–Crippen MR) is 15.7 cm³/mol. The molecule has 0 N–H and O–H groups in total. The molecule has 6 heteroatoms. The van der Waals surface area contributed by atoms with Crippen molar-refractivity contribution in [2.75, 3.05) is 0 Å². The standard InChI is InChI=1S/C3H4O3.ClH.2Na/c1-2(4)3(5)6;;;/h1H3,(H,5,6);1H;;/q;;2*+1/p-2. The number of carbonyl (C=O) groups excluding carboxylic acids is 2. The second kappa shape index (κ2) is 12.1. The molecule has 0 aliphatic heterocycles. The molecule has 0 aromatic heterocycles. The fourth-order valence-corrected chi connectivity index (χ4v) is 0. The summed E-state index contributed by atoms with van der Waals surface area (Å²) < 4.78 is 0. The summed E-state index contributed by atoms with van der Waals surface area (Å²) in [5, 5.41) is 9.24. The first kappa shape index (κ1) is 22.4. The molecule has 0 aromatic carbocycles. The zero-order valence-electron chi connectivity index (χ0n) is 5.60. The maximum Gasteiger partial charge on any atom is 1.00 e. The Kier molecular flexibility index (Phi) is 30.3. The summed E-state index contributed by atoms with van der Waals surface area (Å²) in [6.45, 7) is 0.940. The molecule has 0 aliphatic carbocycles. The summed E-state index contributed by atoms with van der Waals surface area (Å²) in [5.41, 5.74) is 0. The molecule has 0 saturated heterocycles. The number of hydrogen-bond acceptors (Lipinski definition) is 3. The first-order valence-corrected chi connectivity index (χ1v) is 1.36. The molecule has 0 aliphatic rings. The molecule has 0 amide bonds. The Balaban J connectivity index is -0.0000000417. The van der Waals surface area contributed by atoms with Crippen LogP contribution in [0, 0.1) is 0 Å². The van der Waals surface area contributed by atoms with E-state index in [0.717, 1.165) is 6.92 Å². The molecule has 0 aromatic rings. The molecule has 0 rings (SSSR count). The predicted octanol–water partition coefficient (Wildman–Crippen LogP) is -10.7. The fourth-order valence-electron chi connectivity index (χ4n) is 0. The largest absolute Gasteiger partial charge is 1.00 e. The third-order valence-corrected chi connectivity index (χ3v) is 0.287. The third kappa shape index (κ3) is 17.7. The van der Waals surface area contributed by atoms with E-state index < -0.39 is 11.8 Å². The third-order valence-electron chi connectivity index (χ3n) is 0.287. The normalized spacial score (nSPS) is 5.00. The number of carboxylic acid groups (broad SMARTS) is 1. The molecular weight excluding hydrogens is 165 g/mol. The Hall–Kier alpha value is 1.43. The van der Waals surface area contributed by atoms with E-state index in [-0.39, 0.29) is 71.5 Å². The van der Waals surface area contributed by atoms with Crippen LogP contribution in [0.2, 0.25) is 0 Å².